The van der Waals surface area contributed by atoms with Crippen LogP contribution in [0, 0.1) is 0 Å². The molecule has 1 saturated heterocycles. The fraction of sp³-hybridized carbons (Fsp3) is 0.467. The summed E-state index contributed by atoms with van der Waals surface area (Å²) in [4.78, 5) is 0. The summed E-state index contributed by atoms with van der Waals surface area (Å²) < 4.78 is 7.44. The van der Waals surface area contributed by atoms with Crippen LogP contribution in [-0.4, -0.2) is 44.3 Å². The molecule has 2 aromatic rings. The van der Waals surface area contributed by atoms with Crippen LogP contribution < -0.4 is 0 Å². The molecule has 1 aromatic heterocycles. The zero-order chi connectivity index (χ0) is 14.4. The monoisotopic (exact) mass is 277 g/mol. The maximum Gasteiger partial charge on any atom is 0.116 e. The van der Waals surface area contributed by atoms with Crippen LogP contribution in [0.3, 0.4) is 0 Å². The highest BCUT2D eigenvalue weighted by Crippen LogP contribution is 2.32. The Morgan fingerprint density at radius 1 is 1.20 bits per heavy atom. The molecule has 0 bridgehead atoms. The van der Waals surface area contributed by atoms with Gasteiger partial charge in [-0.3, -0.25) is 0 Å². The summed E-state index contributed by atoms with van der Waals surface area (Å²) in [6, 6.07) is 7.62. The third-order valence-electron chi connectivity index (χ3n) is 4.10. The molecule has 0 unspecified atom stereocenters. The second kappa shape index (κ2) is 4.86. The average Bonchev–Trinajstić information content (AvgIpc) is 2.94. The van der Waals surface area contributed by atoms with E-state index in [4.69, 9.17) is 4.74 Å². The standard InChI is InChI=1S/C15H19NO4/c1-8-12(17)14(19)15(20-8)13(18)10-4-3-9-5-6-16(2)11(9)7-10/h3-8,12-15,17-19H,1-2H3/t8-,12-,13+,14-,15+/m0/s1. The normalized spacial score (nSPS) is 31.9. The third-order valence-corrected chi connectivity index (χ3v) is 4.10. The Labute approximate surface area is 117 Å². The molecule has 5 atom stereocenters. The van der Waals surface area contributed by atoms with Gasteiger partial charge < -0.3 is 24.6 Å². The minimum Gasteiger partial charge on any atom is -0.388 e. The van der Waals surface area contributed by atoms with Crippen molar-refractivity contribution in [1.29, 1.82) is 0 Å². The molecule has 0 spiro atoms. The quantitative estimate of drug-likeness (QED) is 0.756. The number of nitrogens with zero attached hydrogens (tertiary/aromatic N) is 1. The van der Waals surface area contributed by atoms with E-state index in [0.29, 0.717) is 5.56 Å². The zero-order valence-electron chi connectivity index (χ0n) is 11.5. The Bertz CT molecular complexity index is 623. The van der Waals surface area contributed by atoms with E-state index in [0.717, 1.165) is 10.9 Å². The molecule has 2 heterocycles. The Morgan fingerprint density at radius 3 is 2.60 bits per heavy atom. The molecule has 5 heteroatoms. The molecule has 0 aliphatic carbocycles. The Morgan fingerprint density at radius 2 is 1.95 bits per heavy atom. The predicted molar refractivity (Wildman–Crippen MR) is 74.2 cm³/mol. The van der Waals surface area contributed by atoms with Crippen molar-refractivity contribution in [3.05, 3.63) is 36.0 Å². The van der Waals surface area contributed by atoms with Gasteiger partial charge in [-0.15, -0.1) is 0 Å². The number of benzene rings is 1. The van der Waals surface area contributed by atoms with Gasteiger partial charge in [-0.05, 0) is 30.0 Å². The van der Waals surface area contributed by atoms with Crippen molar-refractivity contribution >= 4 is 10.9 Å². The molecular weight excluding hydrogens is 258 g/mol. The maximum absolute atomic E-state index is 10.4. The molecule has 0 radical (unpaired) electrons. The summed E-state index contributed by atoms with van der Waals surface area (Å²) in [5, 5.41) is 31.2. The summed E-state index contributed by atoms with van der Waals surface area (Å²) in [5.74, 6) is 0. The summed E-state index contributed by atoms with van der Waals surface area (Å²) in [7, 11) is 1.94. The Balaban J connectivity index is 1.92. The SMILES string of the molecule is C[C@@H]1O[C@H]([C@H](O)c2ccc3ccn(C)c3c2)[C@@H](O)[C@H]1O. The highest BCUT2D eigenvalue weighted by molar-refractivity contribution is 5.80. The highest BCUT2D eigenvalue weighted by Gasteiger charge is 2.44. The van der Waals surface area contributed by atoms with Crippen molar-refractivity contribution in [1.82, 2.24) is 4.57 Å². The van der Waals surface area contributed by atoms with E-state index >= 15 is 0 Å². The number of fused-ring (bicyclic) bond motifs is 1. The molecule has 5 nitrogen and oxygen atoms in total. The second-order valence-corrected chi connectivity index (χ2v) is 5.48. The van der Waals surface area contributed by atoms with Crippen molar-refractivity contribution in [3.8, 4) is 0 Å². The average molecular weight is 277 g/mol. The van der Waals surface area contributed by atoms with Crippen LogP contribution in [-0.2, 0) is 11.8 Å². The highest BCUT2D eigenvalue weighted by atomic mass is 16.6. The van der Waals surface area contributed by atoms with E-state index in [1.165, 1.54) is 0 Å². The van der Waals surface area contributed by atoms with Gasteiger partial charge >= 0.3 is 0 Å². The number of hydrogen-bond donors (Lipinski definition) is 3. The van der Waals surface area contributed by atoms with E-state index in [1.807, 2.05) is 42.1 Å². The minimum absolute atomic E-state index is 0.483. The molecule has 20 heavy (non-hydrogen) atoms. The molecule has 1 aromatic carbocycles. The molecule has 3 N–H and O–H groups in total. The molecular formula is C15H19NO4. The molecule has 1 fully saturated rings. The molecule has 0 saturated carbocycles. The fourth-order valence-corrected chi connectivity index (χ4v) is 2.80. The van der Waals surface area contributed by atoms with Gasteiger partial charge in [0.2, 0.25) is 0 Å². The van der Waals surface area contributed by atoms with E-state index < -0.39 is 30.5 Å². The minimum atomic E-state index is -1.08. The molecule has 3 rings (SSSR count). The lowest BCUT2D eigenvalue weighted by Crippen LogP contribution is -2.34. The first-order valence-corrected chi connectivity index (χ1v) is 6.73. The lowest BCUT2D eigenvalue weighted by molar-refractivity contribution is -0.0635. The van der Waals surface area contributed by atoms with Gasteiger partial charge in [0.15, 0.2) is 0 Å². The van der Waals surface area contributed by atoms with Gasteiger partial charge in [0, 0.05) is 18.8 Å². The summed E-state index contributed by atoms with van der Waals surface area (Å²) in [6.45, 7) is 1.68. The Kier molecular flexibility index (Phi) is 3.30. The first-order valence-electron chi connectivity index (χ1n) is 6.73. The smallest absolute Gasteiger partial charge is 0.116 e. The van der Waals surface area contributed by atoms with Crippen molar-refractivity contribution in [2.75, 3.05) is 0 Å². The van der Waals surface area contributed by atoms with Crippen molar-refractivity contribution in [2.45, 2.75) is 37.4 Å². The van der Waals surface area contributed by atoms with Gasteiger partial charge in [0.1, 0.15) is 24.4 Å². The van der Waals surface area contributed by atoms with E-state index in [-0.39, 0.29) is 0 Å². The first kappa shape index (κ1) is 13.6. The summed E-state index contributed by atoms with van der Waals surface area (Å²) in [6.07, 6.45) is -2.35. The van der Waals surface area contributed by atoms with Crippen molar-refractivity contribution < 1.29 is 20.1 Å². The first-order chi connectivity index (χ1) is 9.49. The van der Waals surface area contributed by atoms with Gasteiger partial charge in [0.05, 0.1) is 6.10 Å². The second-order valence-electron chi connectivity index (χ2n) is 5.48. The maximum atomic E-state index is 10.4. The molecule has 0 amide bonds. The molecule has 1 aliphatic rings. The zero-order valence-corrected chi connectivity index (χ0v) is 11.5. The predicted octanol–water partition coefficient (Wildman–Crippen LogP) is 0.721. The van der Waals surface area contributed by atoms with Crippen LogP contribution in [0.15, 0.2) is 30.5 Å². The lowest BCUT2D eigenvalue weighted by atomic mass is 9.98. The molecule has 1 aliphatic heterocycles. The van der Waals surface area contributed by atoms with Gasteiger partial charge in [-0.25, -0.2) is 0 Å². The van der Waals surface area contributed by atoms with E-state index in [9.17, 15) is 15.3 Å². The fourth-order valence-electron chi connectivity index (χ4n) is 2.80. The van der Waals surface area contributed by atoms with Crippen LogP contribution >= 0.6 is 0 Å². The summed E-state index contributed by atoms with van der Waals surface area (Å²) >= 11 is 0. The number of hydrogen-bond acceptors (Lipinski definition) is 4. The number of aliphatic hydroxyl groups is 3. The summed E-state index contributed by atoms with van der Waals surface area (Å²) in [5.41, 5.74) is 1.67. The third kappa shape index (κ3) is 2.03. The van der Waals surface area contributed by atoms with E-state index in [2.05, 4.69) is 0 Å². The van der Waals surface area contributed by atoms with Gasteiger partial charge in [0.25, 0.3) is 0 Å². The van der Waals surface area contributed by atoms with Crippen molar-refractivity contribution in [3.63, 3.8) is 0 Å². The van der Waals surface area contributed by atoms with Crippen LogP contribution in [0.4, 0.5) is 0 Å². The topological polar surface area (TPSA) is 74.9 Å². The molecule has 108 valence electrons. The number of ether oxygens (including phenoxy) is 1. The number of aliphatic hydroxyl groups excluding tert-OH is 3. The number of aromatic nitrogens is 1. The number of rotatable bonds is 2. The lowest BCUT2D eigenvalue weighted by Gasteiger charge is -2.21. The van der Waals surface area contributed by atoms with Crippen LogP contribution in [0.2, 0.25) is 0 Å². The van der Waals surface area contributed by atoms with Gasteiger partial charge in [-0.1, -0.05) is 12.1 Å². The number of aryl methyl sites for hydroxylation is 1. The van der Waals surface area contributed by atoms with E-state index in [1.54, 1.807) is 6.92 Å². The van der Waals surface area contributed by atoms with Crippen LogP contribution in [0.25, 0.3) is 10.9 Å². The van der Waals surface area contributed by atoms with Gasteiger partial charge in [-0.2, -0.15) is 0 Å². The largest absolute Gasteiger partial charge is 0.388 e. The van der Waals surface area contributed by atoms with Crippen molar-refractivity contribution in [2.24, 2.45) is 7.05 Å². The Hall–Kier alpha value is -1.40. The van der Waals surface area contributed by atoms with Crippen LogP contribution in [0.1, 0.15) is 18.6 Å². The van der Waals surface area contributed by atoms with Crippen LogP contribution in [0.5, 0.6) is 0 Å².